The van der Waals surface area contributed by atoms with E-state index in [-0.39, 0.29) is 11.5 Å². The van der Waals surface area contributed by atoms with Crippen molar-refractivity contribution in [3.63, 3.8) is 0 Å². The van der Waals surface area contributed by atoms with Crippen LogP contribution in [0.5, 0.6) is 0 Å². The van der Waals surface area contributed by atoms with Crippen LogP contribution in [0.15, 0.2) is 56.6 Å². The average Bonchev–Trinajstić information content (AvgIpc) is 3.45. The summed E-state index contributed by atoms with van der Waals surface area (Å²) in [5.74, 6) is -0.612. The van der Waals surface area contributed by atoms with Gasteiger partial charge in [0.05, 0.1) is 12.0 Å². The van der Waals surface area contributed by atoms with E-state index in [9.17, 15) is 14.4 Å². The smallest absolute Gasteiger partial charge is 0.307 e. The Bertz CT molecular complexity index is 1190. The van der Waals surface area contributed by atoms with Crippen LogP contribution in [-0.4, -0.2) is 23.4 Å². The number of aryl methyl sites for hydroxylation is 2. The minimum absolute atomic E-state index is 0.0890. The van der Waals surface area contributed by atoms with Gasteiger partial charge in [-0.3, -0.25) is 25.2 Å². The van der Waals surface area contributed by atoms with Crippen LogP contribution in [0.2, 0.25) is 0 Å². The molecular weight excluding hydrogens is 412 g/mol. The summed E-state index contributed by atoms with van der Waals surface area (Å²) in [7, 11) is 0. The van der Waals surface area contributed by atoms with Crippen molar-refractivity contribution in [1.29, 1.82) is 0 Å². The van der Waals surface area contributed by atoms with Crippen molar-refractivity contribution >= 4 is 23.4 Å². The molecule has 0 saturated heterocycles. The van der Waals surface area contributed by atoms with E-state index >= 15 is 0 Å². The Hall–Kier alpha value is -4.14. The fourth-order valence-electron chi connectivity index (χ4n) is 3.53. The SMILES string of the molecule is Cc1ccc(C(=O)NNC(=O)c2oc3c(c2C)/C(=N/NC(=O)c2ccco2)CCC3)cc1. The summed E-state index contributed by atoms with van der Waals surface area (Å²) in [6.45, 7) is 3.67. The molecule has 0 saturated carbocycles. The van der Waals surface area contributed by atoms with Gasteiger partial charge in [0.25, 0.3) is 5.91 Å². The number of fused-ring (bicyclic) bond motifs is 1. The number of hydrogen-bond donors (Lipinski definition) is 3. The number of hydrogen-bond acceptors (Lipinski definition) is 6. The molecule has 9 nitrogen and oxygen atoms in total. The molecule has 2 heterocycles. The van der Waals surface area contributed by atoms with Gasteiger partial charge in [-0.15, -0.1) is 0 Å². The summed E-state index contributed by atoms with van der Waals surface area (Å²) >= 11 is 0. The third kappa shape index (κ3) is 4.31. The van der Waals surface area contributed by atoms with Crippen LogP contribution in [0.4, 0.5) is 0 Å². The summed E-state index contributed by atoms with van der Waals surface area (Å²) in [6.07, 6.45) is 3.44. The largest absolute Gasteiger partial charge is 0.459 e. The number of rotatable bonds is 4. The maximum atomic E-state index is 12.7. The van der Waals surface area contributed by atoms with Gasteiger partial charge in [0, 0.05) is 23.1 Å². The van der Waals surface area contributed by atoms with E-state index < -0.39 is 17.7 Å². The van der Waals surface area contributed by atoms with Crippen LogP contribution in [0.25, 0.3) is 0 Å². The maximum absolute atomic E-state index is 12.7. The van der Waals surface area contributed by atoms with Crippen molar-refractivity contribution in [1.82, 2.24) is 16.3 Å². The standard InChI is InChI=1S/C23H22N4O5/c1-13-8-10-15(11-9-13)21(28)25-27-23(30)20-14(2)19-16(5-3-6-17(19)32-20)24-26-22(29)18-7-4-12-31-18/h4,7-12H,3,5-6H2,1-2H3,(H,25,28)(H,26,29)(H,27,30)/b24-16+. The predicted molar refractivity (Wildman–Crippen MR) is 115 cm³/mol. The van der Waals surface area contributed by atoms with Gasteiger partial charge in [0.15, 0.2) is 11.5 Å². The zero-order valence-electron chi connectivity index (χ0n) is 17.7. The summed E-state index contributed by atoms with van der Waals surface area (Å²) in [4.78, 5) is 37.0. The Labute approximate surface area is 183 Å². The Morgan fingerprint density at radius 2 is 1.69 bits per heavy atom. The Morgan fingerprint density at radius 3 is 2.41 bits per heavy atom. The Balaban J connectivity index is 1.47. The number of nitrogens with one attached hydrogen (secondary N) is 3. The minimum Gasteiger partial charge on any atom is -0.459 e. The lowest BCUT2D eigenvalue weighted by atomic mass is 9.93. The highest BCUT2D eigenvalue weighted by molar-refractivity contribution is 6.07. The zero-order valence-corrected chi connectivity index (χ0v) is 17.7. The van der Waals surface area contributed by atoms with E-state index in [4.69, 9.17) is 8.83 Å². The second-order valence-electron chi connectivity index (χ2n) is 7.46. The number of hydrazone groups is 1. The molecule has 1 aromatic carbocycles. The van der Waals surface area contributed by atoms with Crippen molar-refractivity contribution in [2.24, 2.45) is 5.10 Å². The summed E-state index contributed by atoms with van der Waals surface area (Å²) in [5, 5.41) is 4.23. The Morgan fingerprint density at radius 1 is 0.938 bits per heavy atom. The summed E-state index contributed by atoms with van der Waals surface area (Å²) < 4.78 is 10.8. The quantitative estimate of drug-likeness (QED) is 0.544. The molecule has 4 rings (SSSR count). The topological polar surface area (TPSA) is 126 Å². The zero-order chi connectivity index (χ0) is 22.7. The molecule has 164 valence electrons. The molecule has 3 N–H and O–H groups in total. The van der Waals surface area contributed by atoms with Gasteiger partial charge in [0.2, 0.25) is 0 Å². The van der Waals surface area contributed by atoms with Crippen molar-refractivity contribution in [3.8, 4) is 0 Å². The molecule has 0 unspecified atom stereocenters. The molecule has 3 aromatic rings. The van der Waals surface area contributed by atoms with Crippen LogP contribution >= 0.6 is 0 Å². The number of amides is 3. The monoisotopic (exact) mass is 434 g/mol. The Kier molecular flexibility index (Phi) is 5.89. The molecule has 1 aliphatic rings. The van der Waals surface area contributed by atoms with Crippen molar-refractivity contribution in [3.05, 3.63) is 82.2 Å². The van der Waals surface area contributed by atoms with Gasteiger partial charge in [-0.2, -0.15) is 5.10 Å². The third-order valence-corrected chi connectivity index (χ3v) is 5.17. The van der Waals surface area contributed by atoms with Crippen LogP contribution in [0.1, 0.15) is 66.8 Å². The van der Waals surface area contributed by atoms with Gasteiger partial charge in [0.1, 0.15) is 5.76 Å². The van der Waals surface area contributed by atoms with Gasteiger partial charge in [-0.1, -0.05) is 17.7 Å². The molecule has 3 amide bonds. The van der Waals surface area contributed by atoms with E-state index in [0.29, 0.717) is 41.0 Å². The van der Waals surface area contributed by atoms with Crippen LogP contribution in [0, 0.1) is 13.8 Å². The number of nitrogens with zero attached hydrogens (tertiary/aromatic N) is 1. The number of carbonyl (C=O) groups is 3. The number of hydrazine groups is 1. The van der Waals surface area contributed by atoms with E-state index in [0.717, 1.165) is 12.0 Å². The number of benzene rings is 1. The van der Waals surface area contributed by atoms with Gasteiger partial charge < -0.3 is 8.83 Å². The molecule has 0 radical (unpaired) electrons. The van der Waals surface area contributed by atoms with Crippen molar-refractivity contribution in [2.45, 2.75) is 33.1 Å². The van der Waals surface area contributed by atoms with Crippen LogP contribution in [0.3, 0.4) is 0 Å². The highest BCUT2D eigenvalue weighted by atomic mass is 16.4. The first-order valence-electron chi connectivity index (χ1n) is 10.1. The first-order valence-corrected chi connectivity index (χ1v) is 10.1. The lowest BCUT2D eigenvalue weighted by Crippen LogP contribution is -2.41. The molecule has 2 aromatic heterocycles. The second-order valence-corrected chi connectivity index (χ2v) is 7.46. The molecular formula is C23H22N4O5. The molecule has 32 heavy (non-hydrogen) atoms. The lowest BCUT2D eigenvalue weighted by Gasteiger charge is -2.13. The fraction of sp³-hybridized carbons (Fsp3) is 0.217. The van der Waals surface area contributed by atoms with Crippen LogP contribution < -0.4 is 16.3 Å². The lowest BCUT2D eigenvalue weighted by molar-refractivity contribution is 0.0829. The van der Waals surface area contributed by atoms with Crippen LogP contribution in [-0.2, 0) is 6.42 Å². The highest BCUT2D eigenvalue weighted by Crippen LogP contribution is 2.29. The first kappa shape index (κ1) is 21.1. The maximum Gasteiger partial charge on any atom is 0.307 e. The summed E-state index contributed by atoms with van der Waals surface area (Å²) in [5.41, 5.74) is 10.6. The average molecular weight is 434 g/mol. The van der Waals surface area contributed by atoms with Gasteiger partial charge in [-0.05, 0) is 51.0 Å². The van der Waals surface area contributed by atoms with Crippen molar-refractivity contribution < 1.29 is 23.2 Å². The molecule has 9 heteroatoms. The van der Waals surface area contributed by atoms with E-state index in [1.54, 1.807) is 25.1 Å². The molecule has 0 spiro atoms. The molecule has 1 aliphatic carbocycles. The second kappa shape index (κ2) is 8.93. The molecule has 0 bridgehead atoms. The molecule has 0 fully saturated rings. The fourth-order valence-corrected chi connectivity index (χ4v) is 3.53. The minimum atomic E-state index is -0.573. The van der Waals surface area contributed by atoms with Gasteiger partial charge in [-0.25, -0.2) is 5.43 Å². The number of carbonyl (C=O) groups excluding carboxylic acids is 3. The van der Waals surface area contributed by atoms with E-state index in [1.165, 1.54) is 12.3 Å². The third-order valence-electron chi connectivity index (χ3n) is 5.17. The molecule has 0 aliphatic heterocycles. The van der Waals surface area contributed by atoms with E-state index in [2.05, 4.69) is 21.4 Å². The van der Waals surface area contributed by atoms with E-state index in [1.807, 2.05) is 19.1 Å². The van der Waals surface area contributed by atoms with Crippen molar-refractivity contribution in [2.75, 3.05) is 0 Å². The summed E-state index contributed by atoms with van der Waals surface area (Å²) in [6, 6.07) is 10.1. The first-order chi connectivity index (χ1) is 15.4. The molecule has 0 atom stereocenters. The normalized spacial score (nSPS) is 14.0. The van der Waals surface area contributed by atoms with Gasteiger partial charge >= 0.3 is 11.8 Å². The predicted octanol–water partition coefficient (Wildman–Crippen LogP) is 3.03. The highest BCUT2D eigenvalue weighted by Gasteiger charge is 2.28. The number of furan rings is 2.